The van der Waals surface area contributed by atoms with Crippen LogP contribution >= 0.6 is 11.6 Å². The first kappa shape index (κ1) is 13.5. The molecule has 0 spiro atoms. The largest absolute Gasteiger partial charge is 0.311 e. The number of halogens is 1. The smallest absolute Gasteiger partial charge is 0.293 e. The SMILES string of the molecule is Cc1cc(C)nc(-n2ncc(N(C)N)c(Cl)c2=O)c1. The number of pyridine rings is 1. The van der Waals surface area contributed by atoms with Gasteiger partial charge < -0.3 is 5.01 Å². The van der Waals surface area contributed by atoms with Crippen molar-refractivity contribution in [1.82, 2.24) is 14.8 Å². The molecule has 2 N–H and O–H groups in total. The summed E-state index contributed by atoms with van der Waals surface area (Å²) in [6, 6.07) is 3.68. The first-order valence-electron chi connectivity index (χ1n) is 5.62. The Kier molecular flexibility index (Phi) is 3.55. The second-order valence-electron chi connectivity index (χ2n) is 4.32. The molecule has 2 heterocycles. The van der Waals surface area contributed by atoms with Gasteiger partial charge in [0.2, 0.25) is 0 Å². The van der Waals surface area contributed by atoms with Crippen molar-refractivity contribution in [2.75, 3.05) is 12.1 Å². The number of hydrazine groups is 1. The molecule has 7 heteroatoms. The molecule has 0 atom stereocenters. The maximum Gasteiger partial charge on any atom is 0.293 e. The van der Waals surface area contributed by atoms with Crippen LogP contribution in [0, 0.1) is 13.8 Å². The predicted molar refractivity (Wildman–Crippen MR) is 74.7 cm³/mol. The summed E-state index contributed by atoms with van der Waals surface area (Å²) in [6.07, 6.45) is 1.43. The number of rotatable bonds is 2. The minimum absolute atomic E-state index is 0.0148. The predicted octanol–water partition coefficient (Wildman–Crippen LogP) is 1.21. The lowest BCUT2D eigenvalue weighted by Crippen LogP contribution is -2.30. The average Bonchev–Trinajstić information content (AvgIpc) is 2.30. The maximum absolute atomic E-state index is 12.2. The number of anilines is 1. The van der Waals surface area contributed by atoms with Gasteiger partial charge in [-0.05, 0) is 31.5 Å². The van der Waals surface area contributed by atoms with Gasteiger partial charge in [-0.15, -0.1) is 0 Å². The van der Waals surface area contributed by atoms with Gasteiger partial charge >= 0.3 is 0 Å². The standard InChI is InChI=1S/C12H14ClN5O/c1-7-4-8(2)16-10(5-7)18-12(19)11(13)9(6-15-18)17(3)14/h4-6H,14H2,1-3H3. The van der Waals surface area contributed by atoms with Gasteiger partial charge in [-0.2, -0.15) is 9.78 Å². The summed E-state index contributed by atoms with van der Waals surface area (Å²) in [5, 5.41) is 5.31. The van der Waals surface area contributed by atoms with E-state index in [-0.39, 0.29) is 5.02 Å². The van der Waals surface area contributed by atoms with Crippen LogP contribution in [0.15, 0.2) is 23.1 Å². The normalized spacial score (nSPS) is 10.6. The van der Waals surface area contributed by atoms with Crippen molar-refractivity contribution >= 4 is 17.3 Å². The third-order valence-corrected chi connectivity index (χ3v) is 2.94. The van der Waals surface area contributed by atoms with Gasteiger partial charge in [0.25, 0.3) is 5.56 Å². The van der Waals surface area contributed by atoms with E-state index in [0.717, 1.165) is 15.9 Å². The highest BCUT2D eigenvalue weighted by Gasteiger charge is 2.13. The van der Waals surface area contributed by atoms with E-state index in [1.807, 2.05) is 19.9 Å². The first-order chi connectivity index (χ1) is 8.90. The van der Waals surface area contributed by atoms with Crippen molar-refractivity contribution in [2.45, 2.75) is 13.8 Å². The summed E-state index contributed by atoms with van der Waals surface area (Å²) in [5.74, 6) is 6.01. The lowest BCUT2D eigenvalue weighted by Gasteiger charge is -2.14. The van der Waals surface area contributed by atoms with Gasteiger partial charge in [-0.25, -0.2) is 10.8 Å². The number of hydrogen-bond donors (Lipinski definition) is 1. The summed E-state index contributed by atoms with van der Waals surface area (Å²) in [4.78, 5) is 16.4. The van der Waals surface area contributed by atoms with E-state index in [4.69, 9.17) is 17.4 Å². The monoisotopic (exact) mass is 279 g/mol. The van der Waals surface area contributed by atoms with Crippen molar-refractivity contribution in [3.05, 3.63) is 45.0 Å². The van der Waals surface area contributed by atoms with Crippen LogP contribution in [0.5, 0.6) is 0 Å². The van der Waals surface area contributed by atoms with E-state index >= 15 is 0 Å². The van der Waals surface area contributed by atoms with E-state index in [0.29, 0.717) is 11.5 Å². The second-order valence-corrected chi connectivity index (χ2v) is 4.69. The molecular weight excluding hydrogens is 266 g/mol. The zero-order valence-corrected chi connectivity index (χ0v) is 11.6. The molecule has 0 radical (unpaired) electrons. The zero-order chi connectivity index (χ0) is 14.2. The maximum atomic E-state index is 12.2. The molecule has 2 aromatic rings. The van der Waals surface area contributed by atoms with Crippen LogP contribution in [-0.2, 0) is 0 Å². The van der Waals surface area contributed by atoms with Crippen molar-refractivity contribution < 1.29 is 0 Å². The lowest BCUT2D eigenvalue weighted by molar-refractivity contribution is 0.771. The van der Waals surface area contributed by atoms with E-state index in [9.17, 15) is 4.79 Å². The molecule has 0 aromatic carbocycles. The molecule has 0 amide bonds. The molecule has 6 nitrogen and oxygen atoms in total. The fourth-order valence-corrected chi connectivity index (χ4v) is 2.02. The Bertz CT molecular complexity index is 660. The Hall–Kier alpha value is -1.92. The number of nitrogens with zero attached hydrogens (tertiary/aromatic N) is 4. The van der Waals surface area contributed by atoms with Crippen molar-refractivity contribution in [3.63, 3.8) is 0 Å². The van der Waals surface area contributed by atoms with Crippen LogP contribution in [0.4, 0.5) is 5.69 Å². The van der Waals surface area contributed by atoms with Crippen molar-refractivity contribution in [1.29, 1.82) is 0 Å². The van der Waals surface area contributed by atoms with Crippen LogP contribution in [0.1, 0.15) is 11.3 Å². The van der Waals surface area contributed by atoms with Crippen LogP contribution in [0.25, 0.3) is 5.82 Å². The van der Waals surface area contributed by atoms with E-state index < -0.39 is 5.56 Å². The molecule has 2 aromatic heterocycles. The highest BCUT2D eigenvalue weighted by Crippen LogP contribution is 2.18. The quantitative estimate of drug-likeness (QED) is 0.660. The summed E-state index contributed by atoms with van der Waals surface area (Å²) in [6.45, 7) is 3.78. The van der Waals surface area contributed by atoms with Crippen LogP contribution in [0.3, 0.4) is 0 Å². The van der Waals surface area contributed by atoms with E-state index in [2.05, 4.69) is 10.1 Å². The molecule has 0 fully saturated rings. The Morgan fingerprint density at radius 1 is 1.37 bits per heavy atom. The topological polar surface area (TPSA) is 77.0 Å². The summed E-state index contributed by atoms with van der Waals surface area (Å²) >= 11 is 6.00. The summed E-state index contributed by atoms with van der Waals surface area (Å²) in [5.41, 5.74) is 1.72. The zero-order valence-electron chi connectivity index (χ0n) is 10.9. The number of hydrogen-bond acceptors (Lipinski definition) is 5. The minimum atomic E-state index is -0.450. The molecule has 0 bridgehead atoms. The van der Waals surface area contributed by atoms with Gasteiger partial charge in [0.15, 0.2) is 5.82 Å². The van der Waals surface area contributed by atoms with Crippen LogP contribution in [0.2, 0.25) is 5.02 Å². The molecule has 0 unspecified atom stereocenters. The van der Waals surface area contributed by atoms with Gasteiger partial charge in [-0.1, -0.05) is 11.6 Å². The molecule has 2 rings (SSSR count). The van der Waals surface area contributed by atoms with E-state index in [1.54, 1.807) is 13.1 Å². The molecule has 0 aliphatic rings. The van der Waals surface area contributed by atoms with Crippen LogP contribution in [-0.4, -0.2) is 21.8 Å². The fraction of sp³-hybridized carbons (Fsp3) is 0.250. The summed E-state index contributed by atoms with van der Waals surface area (Å²) < 4.78 is 1.16. The summed E-state index contributed by atoms with van der Waals surface area (Å²) in [7, 11) is 1.59. The molecule has 0 aliphatic heterocycles. The van der Waals surface area contributed by atoms with Gasteiger partial charge in [0.05, 0.1) is 11.9 Å². The Labute approximate surface area is 115 Å². The molecule has 0 aliphatic carbocycles. The average molecular weight is 280 g/mol. The molecular formula is C12H14ClN5O. The second kappa shape index (κ2) is 4.99. The van der Waals surface area contributed by atoms with Gasteiger partial charge in [0, 0.05) is 12.7 Å². The Morgan fingerprint density at radius 2 is 2.05 bits per heavy atom. The molecule has 19 heavy (non-hydrogen) atoms. The Balaban J connectivity index is 2.64. The van der Waals surface area contributed by atoms with Crippen molar-refractivity contribution in [3.8, 4) is 5.82 Å². The first-order valence-corrected chi connectivity index (χ1v) is 6.00. The highest BCUT2D eigenvalue weighted by molar-refractivity contribution is 6.32. The molecule has 0 saturated carbocycles. The number of aromatic nitrogens is 3. The minimum Gasteiger partial charge on any atom is -0.311 e. The highest BCUT2D eigenvalue weighted by atomic mass is 35.5. The third kappa shape index (κ3) is 2.59. The lowest BCUT2D eigenvalue weighted by atomic mass is 10.2. The third-order valence-electron chi connectivity index (χ3n) is 2.58. The van der Waals surface area contributed by atoms with Gasteiger partial charge in [-0.3, -0.25) is 4.79 Å². The van der Waals surface area contributed by atoms with Crippen molar-refractivity contribution in [2.24, 2.45) is 5.84 Å². The van der Waals surface area contributed by atoms with Gasteiger partial charge in [0.1, 0.15) is 5.02 Å². The molecule has 0 saturated heterocycles. The number of aryl methyl sites for hydroxylation is 2. The molecule has 100 valence electrons. The fourth-order valence-electron chi connectivity index (χ4n) is 1.76. The number of nitrogens with two attached hydrogens (primary N) is 1. The van der Waals surface area contributed by atoms with E-state index in [1.165, 1.54) is 11.2 Å². The Morgan fingerprint density at radius 3 is 2.63 bits per heavy atom. The van der Waals surface area contributed by atoms with Crippen LogP contribution < -0.4 is 16.4 Å².